The Kier molecular flexibility index (Phi) is 7.24. The summed E-state index contributed by atoms with van der Waals surface area (Å²) in [6, 6.07) is 10.8. The minimum atomic E-state index is -0.300. The van der Waals surface area contributed by atoms with Gasteiger partial charge in [-0.15, -0.1) is 0 Å². The first-order valence-electron chi connectivity index (χ1n) is 7.87. The fourth-order valence-electron chi connectivity index (χ4n) is 2.04. The van der Waals surface area contributed by atoms with E-state index in [0.717, 1.165) is 5.56 Å². The van der Waals surface area contributed by atoms with Crippen molar-refractivity contribution in [1.82, 2.24) is 15.6 Å². The van der Waals surface area contributed by atoms with E-state index in [0.29, 0.717) is 18.0 Å². The standard InChI is InChI=1S/C18H21N3O4/c1-24-15-6-2-3-7-16(15)25-13-18(23)20-10-8-17(22)21-12-14-5-4-9-19-11-14/h2-7,9,11H,8,10,12-13H2,1H3,(H,20,23)(H,21,22). The van der Waals surface area contributed by atoms with E-state index in [9.17, 15) is 9.59 Å². The number of hydrogen-bond acceptors (Lipinski definition) is 5. The highest BCUT2D eigenvalue weighted by Crippen LogP contribution is 2.25. The number of hydrogen-bond donors (Lipinski definition) is 2. The van der Waals surface area contributed by atoms with Crippen LogP contribution >= 0.6 is 0 Å². The van der Waals surface area contributed by atoms with Crippen LogP contribution < -0.4 is 20.1 Å². The molecule has 0 spiro atoms. The first-order chi connectivity index (χ1) is 12.2. The van der Waals surface area contributed by atoms with Crippen molar-refractivity contribution >= 4 is 11.8 Å². The molecule has 0 fully saturated rings. The largest absolute Gasteiger partial charge is 0.493 e. The van der Waals surface area contributed by atoms with Crippen molar-refractivity contribution in [3.05, 3.63) is 54.4 Å². The predicted molar refractivity (Wildman–Crippen MR) is 92.2 cm³/mol. The molecule has 7 heteroatoms. The Labute approximate surface area is 146 Å². The van der Waals surface area contributed by atoms with Gasteiger partial charge >= 0.3 is 0 Å². The molecule has 0 bridgehead atoms. The molecular formula is C18H21N3O4. The quantitative estimate of drug-likeness (QED) is 0.716. The van der Waals surface area contributed by atoms with Crippen LogP contribution in [0.4, 0.5) is 0 Å². The lowest BCUT2D eigenvalue weighted by atomic mass is 10.3. The molecule has 2 N–H and O–H groups in total. The van der Waals surface area contributed by atoms with Gasteiger partial charge in [-0.05, 0) is 23.8 Å². The maximum Gasteiger partial charge on any atom is 0.257 e. The van der Waals surface area contributed by atoms with E-state index in [1.807, 2.05) is 18.2 Å². The number of pyridine rings is 1. The van der Waals surface area contributed by atoms with Gasteiger partial charge in [-0.1, -0.05) is 18.2 Å². The maximum atomic E-state index is 11.8. The second-order valence-electron chi connectivity index (χ2n) is 5.18. The molecule has 7 nitrogen and oxygen atoms in total. The molecule has 0 aliphatic carbocycles. The Morgan fingerprint density at radius 2 is 1.84 bits per heavy atom. The zero-order valence-corrected chi connectivity index (χ0v) is 14.0. The van der Waals surface area contributed by atoms with E-state index in [4.69, 9.17) is 9.47 Å². The summed E-state index contributed by atoms with van der Waals surface area (Å²) in [6.45, 7) is 0.516. The number of ether oxygens (including phenoxy) is 2. The van der Waals surface area contributed by atoms with Crippen molar-refractivity contribution in [3.8, 4) is 11.5 Å². The number of nitrogens with one attached hydrogen (secondary N) is 2. The lowest BCUT2D eigenvalue weighted by molar-refractivity contribution is -0.123. The van der Waals surface area contributed by atoms with Crippen LogP contribution in [-0.4, -0.2) is 37.1 Å². The van der Waals surface area contributed by atoms with Crippen molar-refractivity contribution in [2.45, 2.75) is 13.0 Å². The maximum absolute atomic E-state index is 11.8. The molecule has 1 aromatic heterocycles. The summed E-state index contributed by atoms with van der Waals surface area (Å²) in [7, 11) is 1.53. The van der Waals surface area contributed by atoms with Gasteiger partial charge in [0.25, 0.3) is 5.91 Å². The van der Waals surface area contributed by atoms with E-state index in [2.05, 4.69) is 15.6 Å². The third-order valence-corrected chi connectivity index (χ3v) is 3.31. The molecular weight excluding hydrogens is 322 g/mol. The molecule has 0 saturated heterocycles. The highest BCUT2D eigenvalue weighted by atomic mass is 16.5. The van der Waals surface area contributed by atoms with Crippen LogP contribution in [0.2, 0.25) is 0 Å². The molecule has 2 aromatic rings. The van der Waals surface area contributed by atoms with Crippen molar-refractivity contribution in [1.29, 1.82) is 0 Å². The predicted octanol–water partition coefficient (Wildman–Crippen LogP) is 1.29. The Bertz CT molecular complexity index is 692. The van der Waals surface area contributed by atoms with Crippen molar-refractivity contribution in [2.75, 3.05) is 20.3 Å². The topological polar surface area (TPSA) is 89.5 Å². The summed E-state index contributed by atoms with van der Waals surface area (Å²) >= 11 is 0. The van der Waals surface area contributed by atoms with Gasteiger partial charge in [0.1, 0.15) is 0 Å². The minimum absolute atomic E-state index is 0.141. The van der Waals surface area contributed by atoms with E-state index < -0.39 is 0 Å². The highest BCUT2D eigenvalue weighted by Gasteiger charge is 2.07. The van der Waals surface area contributed by atoms with Crippen LogP contribution in [0.25, 0.3) is 0 Å². The molecule has 0 atom stereocenters. The van der Waals surface area contributed by atoms with Crippen LogP contribution in [-0.2, 0) is 16.1 Å². The summed E-state index contributed by atoms with van der Waals surface area (Å²) in [5, 5.41) is 5.41. The zero-order valence-electron chi connectivity index (χ0n) is 14.0. The molecule has 1 heterocycles. The summed E-state index contributed by atoms with van der Waals surface area (Å²) in [4.78, 5) is 27.5. The summed E-state index contributed by atoms with van der Waals surface area (Å²) < 4.78 is 10.5. The van der Waals surface area contributed by atoms with Crippen molar-refractivity contribution in [3.63, 3.8) is 0 Å². The van der Waals surface area contributed by atoms with E-state index in [-0.39, 0.29) is 31.4 Å². The Hall–Kier alpha value is -3.09. The normalized spacial score (nSPS) is 9.96. The number of carbonyl (C=O) groups is 2. The summed E-state index contributed by atoms with van der Waals surface area (Å²) in [5.74, 6) is 0.611. The second-order valence-corrected chi connectivity index (χ2v) is 5.18. The molecule has 2 rings (SSSR count). The number of nitrogens with zero attached hydrogens (tertiary/aromatic N) is 1. The molecule has 0 unspecified atom stereocenters. The van der Waals surface area contributed by atoms with Crippen molar-refractivity contribution in [2.24, 2.45) is 0 Å². The Morgan fingerprint density at radius 1 is 1.04 bits per heavy atom. The molecule has 0 saturated carbocycles. The van der Waals surface area contributed by atoms with Crippen LogP contribution in [0.1, 0.15) is 12.0 Å². The van der Waals surface area contributed by atoms with E-state index in [1.165, 1.54) is 7.11 Å². The number of para-hydroxylation sites is 2. The molecule has 0 aliphatic heterocycles. The Morgan fingerprint density at radius 3 is 2.56 bits per heavy atom. The summed E-state index contributed by atoms with van der Waals surface area (Å²) in [6.07, 6.45) is 3.56. The number of benzene rings is 1. The number of carbonyl (C=O) groups excluding carboxylic acids is 2. The third kappa shape index (κ3) is 6.50. The fourth-order valence-corrected chi connectivity index (χ4v) is 2.04. The lowest BCUT2D eigenvalue weighted by Gasteiger charge is -2.10. The first-order valence-corrected chi connectivity index (χ1v) is 7.87. The van der Waals surface area contributed by atoms with Crippen LogP contribution in [0.3, 0.4) is 0 Å². The lowest BCUT2D eigenvalue weighted by Crippen LogP contribution is -2.33. The van der Waals surface area contributed by atoms with Crippen molar-refractivity contribution < 1.29 is 19.1 Å². The minimum Gasteiger partial charge on any atom is -0.493 e. The van der Waals surface area contributed by atoms with E-state index >= 15 is 0 Å². The first kappa shape index (κ1) is 18.3. The number of aromatic nitrogens is 1. The monoisotopic (exact) mass is 343 g/mol. The van der Waals surface area contributed by atoms with Gasteiger partial charge in [-0.25, -0.2) is 0 Å². The molecule has 0 radical (unpaired) electrons. The fraction of sp³-hybridized carbons (Fsp3) is 0.278. The van der Waals surface area contributed by atoms with Crippen LogP contribution in [0.15, 0.2) is 48.8 Å². The smallest absolute Gasteiger partial charge is 0.257 e. The van der Waals surface area contributed by atoms with Gasteiger partial charge in [0.15, 0.2) is 18.1 Å². The van der Waals surface area contributed by atoms with Gasteiger partial charge in [0, 0.05) is 31.9 Å². The Balaban J connectivity index is 1.62. The number of rotatable bonds is 9. The second kappa shape index (κ2) is 9.92. The van der Waals surface area contributed by atoms with Gasteiger partial charge in [0.05, 0.1) is 7.11 Å². The van der Waals surface area contributed by atoms with Gasteiger partial charge in [-0.2, -0.15) is 0 Å². The average molecular weight is 343 g/mol. The number of amides is 2. The zero-order chi connectivity index (χ0) is 17.9. The molecule has 2 amide bonds. The molecule has 132 valence electrons. The summed E-state index contributed by atoms with van der Waals surface area (Å²) in [5.41, 5.74) is 0.921. The SMILES string of the molecule is COc1ccccc1OCC(=O)NCCC(=O)NCc1cccnc1. The van der Waals surface area contributed by atoms with E-state index in [1.54, 1.807) is 30.6 Å². The molecule has 1 aromatic carbocycles. The average Bonchev–Trinajstić information content (AvgIpc) is 2.65. The van der Waals surface area contributed by atoms with Gasteiger partial charge in [0.2, 0.25) is 5.91 Å². The molecule has 0 aliphatic rings. The van der Waals surface area contributed by atoms with Gasteiger partial charge in [-0.3, -0.25) is 14.6 Å². The molecule has 25 heavy (non-hydrogen) atoms. The highest BCUT2D eigenvalue weighted by molar-refractivity contribution is 5.79. The third-order valence-electron chi connectivity index (χ3n) is 3.31. The van der Waals surface area contributed by atoms with Crippen LogP contribution in [0, 0.1) is 0 Å². The number of methoxy groups -OCH3 is 1. The van der Waals surface area contributed by atoms with Gasteiger partial charge < -0.3 is 20.1 Å². The van der Waals surface area contributed by atoms with Crippen LogP contribution in [0.5, 0.6) is 11.5 Å².